The molecule has 0 saturated carbocycles. The van der Waals surface area contributed by atoms with Crippen LogP contribution in [0.2, 0.25) is 0 Å². The molecular weight excluding hydrogens is 416 g/mol. The maximum Gasteiger partial charge on any atom is 0.239 e. The summed E-state index contributed by atoms with van der Waals surface area (Å²) < 4.78 is 28.9. The van der Waals surface area contributed by atoms with Gasteiger partial charge in [0.25, 0.3) is 0 Å². The molecule has 160 valence electrons. The topological polar surface area (TPSA) is 95.9 Å². The summed E-state index contributed by atoms with van der Waals surface area (Å²) in [5, 5.41) is 6.24. The molecule has 1 saturated heterocycles. The van der Waals surface area contributed by atoms with Gasteiger partial charge in [-0.25, -0.2) is 23.7 Å². The summed E-state index contributed by atoms with van der Waals surface area (Å²) in [5.74, 6) is -0.710. The van der Waals surface area contributed by atoms with Crippen LogP contribution >= 0.6 is 0 Å². The Bertz CT molecular complexity index is 1310. The van der Waals surface area contributed by atoms with Gasteiger partial charge in [-0.2, -0.15) is 0 Å². The van der Waals surface area contributed by atoms with Crippen LogP contribution in [-0.2, 0) is 4.79 Å². The summed E-state index contributed by atoms with van der Waals surface area (Å²) in [7, 11) is 0. The highest BCUT2D eigenvalue weighted by Gasteiger charge is 2.17. The normalized spacial score (nSPS) is 13.8. The number of nitrogens with one attached hydrogen (secondary N) is 2. The first-order valence-corrected chi connectivity index (χ1v) is 9.89. The Morgan fingerprint density at radius 1 is 1.03 bits per heavy atom. The quantitative estimate of drug-likeness (QED) is 0.511. The SMILES string of the molecule is O=C1CN(c2ccc(Nc3ncc(F)c(-c4cc(F)c5ncccc5c4)n3)nc2)CCN1. The maximum atomic E-state index is 14.5. The van der Waals surface area contributed by atoms with E-state index < -0.39 is 11.6 Å². The molecule has 4 heterocycles. The minimum atomic E-state index is -0.676. The van der Waals surface area contributed by atoms with Crippen LogP contribution in [0.4, 0.5) is 26.2 Å². The summed E-state index contributed by atoms with van der Waals surface area (Å²) in [5.41, 5.74) is 1.26. The van der Waals surface area contributed by atoms with E-state index in [9.17, 15) is 13.6 Å². The lowest BCUT2D eigenvalue weighted by atomic mass is 10.1. The van der Waals surface area contributed by atoms with Crippen LogP contribution < -0.4 is 15.5 Å². The fourth-order valence-electron chi connectivity index (χ4n) is 3.53. The van der Waals surface area contributed by atoms with Crippen LogP contribution in [-0.4, -0.2) is 45.5 Å². The zero-order valence-electron chi connectivity index (χ0n) is 16.7. The van der Waals surface area contributed by atoms with Gasteiger partial charge in [-0.1, -0.05) is 6.07 Å². The van der Waals surface area contributed by atoms with E-state index in [2.05, 4.69) is 30.6 Å². The van der Waals surface area contributed by atoms with Crippen molar-refractivity contribution in [2.24, 2.45) is 0 Å². The molecule has 5 rings (SSSR count). The third-order valence-corrected chi connectivity index (χ3v) is 5.07. The zero-order valence-corrected chi connectivity index (χ0v) is 16.7. The molecule has 0 aliphatic carbocycles. The van der Waals surface area contributed by atoms with Crippen LogP contribution in [0.15, 0.2) is 55.0 Å². The van der Waals surface area contributed by atoms with Crippen molar-refractivity contribution < 1.29 is 13.6 Å². The molecule has 3 aromatic heterocycles. The number of anilines is 3. The van der Waals surface area contributed by atoms with Gasteiger partial charge in [-0.15, -0.1) is 0 Å². The highest BCUT2D eigenvalue weighted by Crippen LogP contribution is 2.27. The molecule has 1 amide bonds. The summed E-state index contributed by atoms with van der Waals surface area (Å²) in [4.78, 5) is 30.0. The Morgan fingerprint density at radius 2 is 1.94 bits per heavy atom. The minimum Gasteiger partial charge on any atom is -0.359 e. The van der Waals surface area contributed by atoms with E-state index in [0.29, 0.717) is 24.3 Å². The van der Waals surface area contributed by atoms with Crippen molar-refractivity contribution in [3.63, 3.8) is 0 Å². The number of piperazine rings is 1. The molecule has 1 aliphatic heterocycles. The molecular formula is C22H17F2N7O. The van der Waals surface area contributed by atoms with Gasteiger partial charge in [-0.05, 0) is 30.3 Å². The van der Waals surface area contributed by atoms with Crippen molar-refractivity contribution in [1.29, 1.82) is 0 Å². The third-order valence-electron chi connectivity index (χ3n) is 5.07. The Balaban J connectivity index is 1.40. The number of pyridine rings is 2. The van der Waals surface area contributed by atoms with Crippen LogP contribution in [0.25, 0.3) is 22.2 Å². The average Bonchev–Trinajstić information content (AvgIpc) is 2.81. The summed E-state index contributed by atoms with van der Waals surface area (Å²) in [6.45, 7) is 1.55. The van der Waals surface area contributed by atoms with Gasteiger partial charge >= 0.3 is 0 Å². The molecule has 1 fully saturated rings. The number of aromatic nitrogens is 4. The summed E-state index contributed by atoms with van der Waals surface area (Å²) >= 11 is 0. The molecule has 10 heteroatoms. The van der Waals surface area contributed by atoms with Crippen molar-refractivity contribution in [2.45, 2.75) is 0 Å². The highest BCUT2D eigenvalue weighted by atomic mass is 19.1. The summed E-state index contributed by atoms with van der Waals surface area (Å²) in [6, 6.07) is 9.75. The minimum absolute atomic E-state index is 0.0356. The molecule has 1 aliphatic rings. The van der Waals surface area contributed by atoms with E-state index in [0.717, 1.165) is 11.9 Å². The van der Waals surface area contributed by atoms with Gasteiger partial charge in [0, 0.05) is 30.2 Å². The van der Waals surface area contributed by atoms with E-state index in [4.69, 9.17) is 0 Å². The Morgan fingerprint density at radius 3 is 2.75 bits per heavy atom. The van der Waals surface area contributed by atoms with Crippen LogP contribution in [0, 0.1) is 11.6 Å². The fraction of sp³-hybridized carbons (Fsp3) is 0.136. The molecule has 1 aromatic carbocycles. The highest BCUT2D eigenvalue weighted by molar-refractivity contribution is 5.84. The lowest BCUT2D eigenvalue weighted by molar-refractivity contribution is -0.120. The predicted molar refractivity (Wildman–Crippen MR) is 115 cm³/mol. The van der Waals surface area contributed by atoms with Crippen molar-refractivity contribution in [2.75, 3.05) is 29.9 Å². The number of benzene rings is 1. The van der Waals surface area contributed by atoms with E-state index in [1.165, 1.54) is 12.3 Å². The lowest BCUT2D eigenvalue weighted by Crippen LogP contribution is -2.47. The van der Waals surface area contributed by atoms with Gasteiger partial charge in [0.15, 0.2) is 5.82 Å². The van der Waals surface area contributed by atoms with E-state index in [1.807, 2.05) is 11.0 Å². The van der Waals surface area contributed by atoms with Gasteiger partial charge < -0.3 is 15.5 Å². The first kappa shape index (κ1) is 19.7. The first-order valence-electron chi connectivity index (χ1n) is 9.89. The number of amides is 1. The second-order valence-corrected chi connectivity index (χ2v) is 7.22. The number of carbonyl (C=O) groups excluding carboxylic acids is 1. The number of rotatable bonds is 4. The van der Waals surface area contributed by atoms with Crippen molar-refractivity contribution in [3.05, 3.63) is 66.6 Å². The number of fused-ring (bicyclic) bond motifs is 1. The first-order chi connectivity index (χ1) is 15.6. The molecule has 0 radical (unpaired) electrons. The Kier molecular flexibility index (Phi) is 5.02. The predicted octanol–water partition coefficient (Wildman–Crippen LogP) is 3.04. The second-order valence-electron chi connectivity index (χ2n) is 7.22. The lowest BCUT2D eigenvalue weighted by Gasteiger charge is -2.28. The molecule has 32 heavy (non-hydrogen) atoms. The number of carbonyl (C=O) groups is 1. The number of halogens is 2. The van der Waals surface area contributed by atoms with Gasteiger partial charge in [0.1, 0.15) is 22.8 Å². The molecule has 0 atom stereocenters. The van der Waals surface area contributed by atoms with Crippen LogP contribution in [0.3, 0.4) is 0 Å². The molecule has 0 unspecified atom stereocenters. The monoisotopic (exact) mass is 433 g/mol. The Hall–Kier alpha value is -4.21. The smallest absolute Gasteiger partial charge is 0.239 e. The number of hydrogen-bond donors (Lipinski definition) is 2. The standard InChI is InChI=1S/C22H17F2N7O/c23-16-9-14(8-13-2-1-5-26-20(13)16)21-17(24)11-28-22(30-21)29-18-4-3-15(10-27-18)31-7-6-25-19(32)12-31/h1-5,8-11H,6-7,12H2,(H,25,32)(H,27,28,29,30). The molecule has 8 nitrogen and oxygen atoms in total. The van der Waals surface area contributed by atoms with Crippen molar-refractivity contribution in [3.8, 4) is 11.3 Å². The van der Waals surface area contributed by atoms with Crippen molar-refractivity contribution >= 4 is 34.3 Å². The van der Waals surface area contributed by atoms with Gasteiger partial charge in [0.05, 0.1) is 24.6 Å². The van der Waals surface area contributed by atoms with Crippen LogP contribution in [0.5, 0.6) is 0 Å². The fourth-order valence-corrected chi connectivity index (χ4v) is 3.53. The maximum absolute atomic E-state index is 14.5. The third kappa shape index (κ3) is 3.89. The Labute approximate surface area is 181 Å². The number of hydrogen-bond acceptors (Lipinski definition) is 7. The molecule has 0 spiro atoms. The molecule has 0 bridgehead atoms. The molecule has 2 N–H and O–H groups in total. The number of nitrogens with zero attached hydrogens (tertiary/aromatic N) is 5. The van der Waals surface area contributed by atoms with E-state index >= 15 is 0 Å². The van der Waals surface area contributed by atoms with Crippen molar-refractivity contribution in [1.82, 2.24) is 25.3 Å². The van der Waals surface area contributed by atoms with Gasteiger partial charge in [0.2, 0.25) is 11.9 Å². The van der Waals surface area contributed by atoms with E-state index in [1.54, 1.807) is 30.5 Å². The zero-order chi connectivity index (χ0) is 22.1. The van der Waals surface area contributed by atoms with E-state index in [-0.39, 0.29) is 35.2 Å². The van der Waals surface area contributed by atoms with Gasteiger partial charge in [-0.3, -0.25) is 9.78 Å². The average molecular weight is 433 g/mol. The van der Waals surface area contributed by atoms with Crippen LogP contribution in [0.1, 0.15) is 0 Å². The second kappa shape index (κ2) is 8.14. The molecule has 4 aromatic rings. The summed E-state index contributed by atoms with van der Waals surface area (Å²) in [6.07, 6.45) is 4.16. The largest absolute Gasteiger partial charge is 0.359 e.